The number of H-pyrrole nitrogens is 1. The molecule has 0 saturated carbocycles. The van der Waals surface area contributed by atoms with Gasteiger partial charge in [-0.1, -0.05) is 0 Å². The second-order valence-electron chi connectivity index (χ2n) is 5.40. The average molecular weight is 325 g/mol. The molecule has 0 bridgehead atoms. The number of rotatable bonds is 2. The zero-order valence-electron chi connectivity index (χ0n) is 12.0. The third-order valence-electron chi connectivity index (χ3n) is 3.83. The molecule has 2 aromatic heterocycles. The van der Waals surface area contributed by atoms with Crippen LogP contribution >= 0.6 is 0 Å². The molecule has 3 rings (SSSR count). The lowest BCUT2D eigenvalue weighted by molar-refractivity contribution is -0.141. The number of hydrogen-bond donors (Lipinski definition) is 1. The van der Waals surface area contributed by atoms with Crippen molar-refractivity contribution in [1.29, 1.82) is 0 Å². The van der Waals surface area contributed by atoms with Gasteiger partial charge in [-0.3, -0.25) is 4.79 Å². The standard InChI is InChI=1S/C14H14F3N5O/c15-14(16,17)11-7-18-12(21-11)10-2-1-5-22(8-10)13(23)9-3-4-19-20-6-9/h3-4,6-7,10H,1-2,5,8H2,(H,18,21). The van der Waals surface area contributed by atoms with E-state index in [1.165, 1.54) is 12.4 Å². The van der Waals surface area contributed by atoms with Gasteiger partial charge in [-0.15, -0.1) is 0 Å². The molecule has 1 amide bonds. The minimum atomic E-state index is -4.45. The largest absolute Gasteiger partial charge is 0.432 e. The maximum absolute atomic E-state index is 12.6. The molecule has 1 N–H and O–H groups in total. The SMILES string of the molecule is O=C(c1ccnnc1)N1CCCC(c2ncc(C(F)(F)F)[nH]2)C1. The topological polar surface area (TPSA) is 74.8 Å². The first kappa shape index (κ1) is 15.4. The summed E-state index contributed by atoms with van der Waals surface area (Å²) in [5, 5.41) is 7.29. The van der Waals surface area contributed by atoms with Crippen LogP contribution in [-0.2, 0) is 6.18 Å². The zero-order valence-corrected chi connectivity index (χ0v) is 12.0. The van der Waals surface area contributed by atoms with Crippen molar-refractivity contribution in [3.63, 3.8) is 0 Å². The lowest BCUT2D eigenvalue weighted by Gasteiger charge is -2.31. The number of hydrogen-bond acceptors (Lipinski definition) is 4. The van der Waals surface area contributed by atoms with Crippen molar-refractivity contribution in [2.24, 2.45) is 0 Å². The van der Waals surface area contributed by atoms with Crippen LogP contribution in [0.4, 0.5) is 13.2 Å². The Morgan fingerprint density at radius 2 is 2.13 bits per heavy atom. The number of nitrogens with one attached hydrogen (secondary N) is 1. The zero-order chi connectivity index (χ0) is 16.4. The highest BCUT2D eigenvalue weighted by atomic mass is 19.4. The molecular weight excluding hydrogens is 311 g/mol. The fourth-order valence-electron chi connectivity index (χ4n) is 2.67. The van der Waals surface area contributed by atoms with Crippen LogP contribution in [0.15, 0.2) is 24.7 Å². The van der Waals surface area contributed by atoms with Crippen LogP contribution < -0.4 is 0 Å². The van der Waals surface area contributed by atoms with E-state index < -0.39 is 11.9 Å². The molecule has 6 nitrogen and oxygen atoms in total. The number of carbonyl (C=O) groups excluding carboxylic acids is 1. The van der Waals surface area contributed by atoms with Crippen molar-refractivity contribution in [1.82, 2.24) is 25.1 Å². The van der Waals surface area contributed by atoms with Gasteiger partial charge in [0.25, 0.3) is 5.91 Å². The van der Waals surface area contributed by atoms with Gasteiger partial charge in [-0.05, 0) is 18.9 Å². The number of likely N-dealkylation sites (tertiary alicyclic amines) is 1. The number of halogens is 3. The van der Waals surface area contributed by atoms with Crippen LogP contribution in [0.3, 0.4) is 0 Å². The van der Waals surface area contributed by atoms with E-state index in [1.807, 2.05) is 0 Å². The molecule has 1 fully saturated rings. The monoisotopic (exact) mass is 325 g/mol. The normalized spacial score (nSPS) is 18.9. The van der Waals surface area contributed by atoms with Gasteiger partial charge in [-0.25, -0.2) is 4.98 Å². The minimum Gasteiger partial charge on any atom is -0.338 e. The molecule has 3 heterocycles. The number of alkyl halides is 3. The van der Waals surface area contributed by atoms with Crippen molar-refractivity contribution in [2.75, 3.05) is 13.1 Å². The van der Waals surface area contributed by atoms with Gasteiger partial charge >= 0.3 is 6.18 Å². The van der Waals surface area contributed by atoms with Gasteiger partial charge in [0.05, 0.1) is 24.2 Å². The summed E-state index contributed by atoms with van der Waals surface area (Å²) in [7, 11) is 0. The second kappa shape index (κ2) is 5.98. The van der Waals surface area contributed by atoms with E-state index in [4.69, 9.17) is 0 Å². The number of aromatic nitrogens is 4. The lowest BCUT2D eigenvalue weighted by atomic mass is 9.97. The highest BCUT2D eigenvalue weighted by Gasteiger charge is 2.35. The van der Waals surface area contributed by atoms with Crippen LogP contribution in [0.25, 0.3) is 0 Å². The van der Waals surface area contributed by atoms with Crippen molar-refractivity contribution < 1.29 is 18.0 Å². The molecule has 23 heavy (non-hydrogen) atoms. The summed E-state index contributed by atoms with van der Waals surface area (Å²) in [6.45, 7) is 0.885. The molecule has 1 aliphatic heterocycles. The molecule has 1 unspecified atom stereocenters. The summed E-state index contributed by atoms with van der Waals surface area (Å²) >= 11 is 0. The van der Waals surface area contributed by atoms with E-state index in [2.05, 4.69) is 20.2 Å². The van der Waals surface area contributed by atoms with E-state index in [9.17, 15) is 18.0 Å². The summed E-state index contributed by atoms with van der Waals surface area (Å²) < 4.78 is 37.9. The first-order chi connectivity index (χ1) is 10.9. The summed E-state index contributed by atoms with van der Waals surface area (Å²) in [6, 6.07) is 1.56. The molecule has 9 heteroatoms. The van der Waals surface area contributed by atoms with Crippen LogP contribution in [0.5, 0.6) is 0 Å². The van der Waals surface area contributed by atoms with E-state index in [0.29, 0.717) is 31.5 Å². The fraction of sp³-hybridized carbons (Fsp3) is 0.429. The van der Waals surface area contributed by atoms with E-state index in [0.717, 1.165) is 6.20 Å². The molecular formula is C14H14F3N5O. The Kier molecular flexibility index (Phi) is 4.01. The van der Waals surface area contributed by atoms with Crippen molar-refractivity contribution in [3.8, 4) is 0 Å². The molecule has 1 atom stereocenters. The van der Waals surface area contributed by atoms with Gasteiger partial charge in [0.15, 0.2) is 0 Å². The number of piperidine rings is 1. The van der Waals surface area contributed by atoms with Gasteiger partial charge in [0.2, 0.25) is 0 Å². The predicted octanol–water partition coefficient (Wildman–Crippen LogP) is 2.24. The summed E-state index contributed by atoms with van der Waals surface area (Å²) in [5.74, 6) is -0.173. The van der Waals surface area contributed by atoms with Gasteiger partial charge in [0.1, 0.15) is 11.5 Å². The van der Waals surface area contributed by atoms with Gasteiger partial charge < -0.3 is 9.88 Å². The second-order valence-corrected chi connectivity index (χ2v) is 5.40. The highest BCUT2D eigenvalue weighted by molar-refractivity contribution is 5.93. The number of nitrogens with zero attached hydrogens (tertiary/aromatic N) is 4. The third kappa shape index (κ3) is 3.33. The van der Waals surface area contributed by atoms with Gasteiger partial charge in [0, 0.05) is 19.0 Å². The number of carbonyl (C=O) groups is 1. The average Bonchev–Trinajstić information content (AvgIpc) is 3.05. The molecule has 0 radical (unpaired) electrons. The molecule has 0 aromatic carbocycles. The Morgan fingerprint density at radius 3 is 2.78 bits per heavy atom. The molecule has 1 saturated heterocycles. The summed E-state index contributed by atoms with van der Waals surface area (Å²) in [6.07, 6.45) is 0.540. The first-order valence-electron chi connectivity index (χ1n) is 7.13. The molecule has 0 spiro atoms. The predicted molar refractivity (Wildman–Crippen MR) is 73.5 cm³/mol. The molecule has 2 aromatic rings. The van der Waals surface area contributed by atoms with E-state index in [1.54, 1.807) is 11.0 Å². The van der Waals surface area contributed by atoms with Crippen LogP contribution in [0.2, 0.25) is 0 Å². The van der Waals surface area contributed by atoms with E-state index >= 15 is 0 Å². The smallest absolute Gasteiger partial charge is 0.338 e. The first-order valence-corrected chi connectivity index (χ1v) is 7.13. The van der Waals surface area contributed by atoms with Crippen LogP contribution in [0, 0.1) is 0 Å². The number of amides is 1. The number of aromatic amines is 1. The quantitative estimate of drug-likeness (QED) is 0.919. The van der Waals surface area contributed by atoms with Crippen molar-refractivity contribution >= 4 is 5.91 Å². The Bertz CT molecular complexity index is 685. The minimum absolute atomic E-state index is 0.202. The van der Waals surface area contributed by atoms with Crippen LogP contribution in [-0.4, -0.2) is 44.1 Å². The van der Waals surface area contributed by atoms with E-state index in [-0.39, 0.29) is 17.6 Å². The third-order valence-corrected chi connectivity index (χ3v) is 3.83. The maximum atomic E-state index is 12.6. The van der Waals surface area contributed by atoms with Crippen LogP contribution in [0.1, 0.15) is 40.6 Å². The summed E-state index contributed by atoms with van der Waals surface area (Å²) in [5.41, 5.74) is -0.453. The van der Waals surface area contributed by atoms with Crippen molar-refractivity contribution in [3.05, 3.63) is 41.7 Å². The maximum Gasteiger partial charge on any atom is 0.432 e. The van der Waals surface area contributed by atoms with Crippen molar-refractivity contribution in [2.45, 2.75) is 24.9 Å². The fourth-order valence-corrected chi connectivity index (χ4v) is 2.67. The Balaban J connectivity index is 1.73. The Hall–Kier alpha value is -2.45. The number of imidazole rings is 1. The molecule has 0 aliphatic carbocycles. The van der Waals surface area contributed by atoms with Gasteiger partial charge in [-0.2, -0.15) is 23.4 Å². The Morgan fingerprint density at radius 1 is 1.30 bits per heavy atom. The molecule has 1 aliphatic rings. The molecule has 122 valence electrons. The Labute approximate surface area is 129 Å². The lowest BCUT2D eigenvalue weighted by Crippen LogP contribution is -2.39. The highest BCUT2D eigenvalue weighted by Crippen LogP contribution is 2.31. The summed E-state index contributed by atoms with van der Waals surface area (Å²) in [4.78, 5) is 20.2.